The predicted molar refractivity (Wildman–Crippen MR) is 64.4 cm³/mol. The van der Waals surface area contributed by atoms with Gasteiger partial charge in [-0.1, -0.05) is 11.6 Å². The minimum atomic E-state index is 0.711. The molecule has 0 amide bonds. The molecule has 0 fully saturated rings. The van der Waals surface area contributed by atoms with Crippen LogP contribution in [0.1, 0.15) is 24.8 Å². The molecule has 0 saturated carbocycles. The Bertz CT molecular complexity index is 352. The van der Waals surface area contributed by atoms with Crippen LogP contribution in [-0.4, -0.2) is 6.61 Å². The van der Waals surface area contributed by atoms with Crippen molar-refractivity contribution in [2.24, 2.45) is 0 Å². The highest BCUT2D eigenvalue weighted by Crippen LogP contribution is 2.21. The third kappa shape index (κ3) is 4.27. The van der Waals surface area contributed by atoms with Crippen molar-refractivity contribution in [1.82, 2.24) is 0 Å². The van der Waals surface area contributed by atoms with Gasteiger partial charge in [0, 0.05) is 11.4 Å². The van der Waals surface area contributed by atoms with E-state index in [2.05, 4.69) is 5.92 Å². The van der Waals surface area contributed by atoms with Gasteiger partial charge < -0.3 is 4.74 Å². The van der Waals surface area contributed by atoms with Crippen LogP contribution in [0.4, 0.5) is 0 Å². The summed E-state index contributed by atoms with van der Waals surface area (Å²) < 4.78 is 5.56. The summed E-state index contributed by atoms with van der Waals surface area (Å²) in [5, 5.41) is 0.773. The summed E-state index contributed by atoms with van der Waals surface area (Å²) in [6.07, 6.45) is 7.98. The highest BCUT2D eigenvalue weighted by Gasteiger charge is 1.98. The van der Waals surface area contributed by atoms with Crippen LogP contribution in [0.25, 0.3) is 0 Å². The maximum atomic E-state index is 5.91. The van der Waals surface area contributed by atoms with E-state index in [1.165, 1.54) is 0 Å². The number of halogens is 1. The van der Waals surface area contributed by atoms with E-state index in [1.807, 2.05) is 25.1 Å². The first-order valence-corrected chi connectivity index (χ1v) is 5.44. The number of ether oxygens (including phenoxy) is 1. The molecule has 0 unspecified atom stereocenters. The Hall–Kier alpha value is -1.13. The Morgan fingerprint density at radius 3 is 2.87 bits per heavy atom. The van der Waals surface area contributed by atoms with Crippen LogP contribution in [0.5, 0.6) is 5.75 Å². The number of unbranched alkanes of at least 4 members (excludes halogenated alkanes) is 2. The second-order valence-electron chi connectivity index (χ2n) is 3.42. The molecule has 0 radical (unpaired) electrons. The molecule has 1 nitrogen and oxygen atoms in total. The second-order valence-corrected chi connectivity index (χ2v) is 3.83. The zero-order chi connectivity index (χ0) is 11.1. The molecule has 0 bridgehead atoms. The fourth-order valence-corrected chi connectivity index (χ4v) is 1.34. The van der Waals surface area contributed by atoms with Crippen molar-refractivity contribution in [2.75, 3.05) is 6.61 Å². The number of hydrogen-bond donors (Lipinski definition) is 0. The van der Waals surface area contributed by atoms with Crippen LogP contribution in [0.2, 0.25) is 5.02 Å². The van der Waals surface area contributed by atoms with E-state index >= 15 is 0 Å². The lowest BCUT2D eigenvalue weighted by molar-refractivity contribution is 0.307. The smallest absolute Gasteiger partial charge is 0.119 e. The van der Waals surface area contributed by atoms with Gasteiger partial charge in [0.1, 0.15) is 5.75 Å². The molecule has 0 aliphatic heterocycles. The van der Waals surface area contributed by atoms with Crippen molar-refractivity contribution in [3.05, 3.63) is 28.8 Å². The Labute approximate surface area is 96.4 Å². The first-order chi connectivity index (χ1) is 7.24. The molecule has 0 heterocycles. The van der Waals surface area contributed by atoms with Crippen LogP contribution in [0.15, 0.2) is 18.2 Å². The van der Waals surface area contributed by atoms with Crippen LogP contribution in [-0.2, 0) is 0 Å². The molecule has 0 saturated heterocycles. The number of hydrogen-bond acceptors (Lipinski definition) is 1. The van der Waals surface area contributed by atoms with Gasteiger partial charge in [0.25, 0.3) is 0 Å². The normalized spacial score (nSPS) is 9.67. The summed E-state index contributed by atoms with van der Waals surface area (Å²) in [6, 6.07) is 5.69. The van der Waals surface area contributed by atoms with Crippen molar-refractivity contribution < 1.29 is 4.74 Å². The standard InChI is InChI=1S/C13H15ClO/c1-3-4-5-6-9-15-12-7-8-13(14)11(2)10-12/h1,7-8,10H,4-6,9H2,2H3. The fourth-order valence-electron chi connectivity index (χ4n) is 1.23. The SMILES string of the molecule is C#CCCCCOc1ccc(Cl)c(C)c1. The summed E-state index contributed by atoms with van der Waals surface area (Å²) in [4.78, 5) is 0. The predicted octanol–water partition coefficient (Wildman–Crippen LogP) is 3.83. The number of rotatable bonds is 5. The van der Waals surface area contributed by atoms with Crippen molar-refractivity contribution in [3.8, 4) is 18.1 Å². The van der Waals surface area contributed by atoms with Crippen molar-refractivity contribution >= 4 is 11.6 Å². The average molecular weight is 223 g/mol. The van der Waals surface area contributed by atoms with Gasteiger partial charge in [-0.2, -0.15) is 0 Å². The highest BCUT2D eigenvalue weighted by molar-refractivity contribution is 6.31. The summed E-state index contributed by atoms with van der Waals surface area (Å²) in [5.74, 6) is 3.48. The van der Waals surface area contributed by atoms with Gasteiger partial charge in [-0.15, -0.1) is 12.3 Å². The van der Waals surface area contributed by atoms with E-state index in [-0.39, 0.29) is 0 Å². The summed E-state index contributed by atoms with van der Waals surface area (Å²) in [5.41, 5.74) is 1.04. The highest BCUT2D eigenvalue weighted by atomic mass is 35.5. The Morgan fingerprint density at radius 2 is 2.20 bits per heavy atom. The maximum Gasteiger partial charge on any atom is 0.119 e. The minimum absolute atomic E-state index is 0.711. The van der Waals surface area contributed by atoms with Gasteiger partial charge in [0.05, 0.1) is 6.61 Å². The molecule has 1 aromatic rings. The first-order valence-electron chi connectivity index (χ1n) is 5.06. The number of aryl methyl sites for hydroxylation is 1. The van der Waals surface area contributed by atoms with Crippen LogP contribution < -0.4 is 4.74 Å². The maximum absolute atomic E-state index is 5.91. The Balaban J connectivity index is 2.32. The van der Waals surface area contributed by atoms with Crippen molar-refractivity contribution in [2.45, 2.75) is 26.2 Å². The lowest BCUT2D eigenvalue weighted by Crippen LogP contribution is -1.97. The van der Waals surface area contributed by atoms with Crippen molar-refractivity contribution in [3.63, 3.8) is 0 Å². The molecule has 1 aromatic carbocycles. The van der Waals surface area contributed by atoms with Crippen LogP contribution in [0, 0.1) is 19.3 Å². The molecule has 0 N–H and O–H groups in total. The van der Waals surface area contributed by atoms with E-state index in [1.54, 1.807) is 0 Å². The third-order valence-corrected chi connectivity index (χ3v) is 2.54. The van der Waals surface area contributed by atoms with Crippen LogP contribution >= 0.6 is 11.6 Å². The molecule has 1 rings (SSSR count). The van der Waals surface area contributed by atoms with Gasteiger partial charge in [0.2, 0.25) is 0 Å². The monoisotopic (exact) mass is 222 g/mol. The van der Waals surface area contributed by atoms with Gasteiger partial charge in [-0.3, -0.25) is 0 Å². The molecule has 80 valence electrons. The third-order valence-electron chi connectivity index (χ3n) is 2.11. The van der Waals surface area contributed by atoms with Gasteiger partial charge in [-0.25, -0.2) is 0 Å². The summed E-state index contributed by atoms with van der Waals surface area (Å²) in [7, 11) is 0. The zero-order valence-electron chi connectivity index (χ0n) is 8.92. The van der Waals surface area contributed by atoms with E-state index in [0.29, 0.717) is 6.61 Å². The van der Waals surface area contributed by atoms with Gasteiger partial charge in [-0.05, 0) is 43.5 Å². The average Bonchev–Trinajstić information content (AvgIpc) is 2.23. The molecular formula is C13H15ClO. The van der Waals surface area contributed by atoms with E-state index < -0.39 is 0 Å². The molecule has 0 aliphatic rings. The van der Waals surface area contributed by atoms with E-state index in [4.69, 9.17) is 22.8 Å². The lowest BCUT2D eigenvalue weighted by atomic mass is 10.2. The molecule has 0 aliphatic carbocycles. The summed E-state index contributed by atoms with van der Waals surface area (Å²) in [6.45, 7) is 2.68. The lowest BCUT2D eigenvalue weighted by Gasteiger charge is -2.06. The fraction of sp³-hybridized carbons (Fsp3) is 0.385. The zero-order valence-corrected chi connectivity index (χ0v) is 9.68. The molecule has 0 spiro atoms. The second kappa shape index (κ2) is 6.37. The molecule has 15 heavy (non-hydrogen) atoms. The minimum Gasteiger partial charge on any atom is -0.494 e. The topological polar surface area (TPSA) is 9.23 Å². The van der Waals surface area contributed by atoms with Crippen LogP contribution in [0.3, 0.4) is 0 Å². The molecule has 0 aromatic heterocycles. The van der Waals surface area contributed by atoms with E-state index in [0.717, 1.165) is 35.6 Å². The number of benzene rings is 1. The molecule has 2 heteroatoms. The first kappa shape index (κ1) is 11.9. The quantitative estimate of drug-likeness (QED) is 0.544. The van der Waals surface area contributed by atoms with Crippen molar-refractivity contribution in [1.29, 1.82) is 0 Å². The molecular weight excluding hydrogens is 208 g/mol. The Morgan fingerprint density at radius 1 is 1.40 bits per heavy atom. The molecule has 0 atom stereocenters. The largest absolute Gasteiger partial charge is 0.494 e. The Kier molecular flexibility index (Phi) is 5.07. The number of terminal acetylenes is 1. The van der Waals surface area contributed by atoms with Gasteiger partial charge >= 0.3 is 0 Å². The van der Waals surface area contributed by atoms with E-state index in [9.17, 15) is 0 Å². The summed E-state index contributed by atoms with van der Waals surface area (Å²) >= 11 is 5.91. The van der Waals surface area contributed by atoms with Gasteiger partial charge in [0.15, 0.2) is 0 Å².